The lowest BCUT2D eigenvalue weighted by atomic mass is 10.1. The highest BCUT2D eigenvalue weighted by atomic mass is 16.2. The SMILES string of the molecule is CCCCCCCCCCNC(=O)N/C=C(/C#N)C(N)=O. The van der Waals surface area contributed by atoms with E-state index in [4.69, 9.17) is 11.0 Å². The summed E-state index contributed by atoms with van der Waals surface area (Å²) in [6.07, 6.45) is 10.6. The number of hydrogen-bond donors (Lipinski definition) is 3. The molecule has 0 radical (unpaired) electrons. The van der Waals surface area contributed by atoms with Crippen LogP contribution in [0.4, 0.5) is 4.79 Å². The molecule has 6 nitrogen and oxygen atoms in total. The molecule has 0 spiro atoms. The molecule has 0 aliphatic carbocycles. The lowest BCUT2D eigenvalue weighted by Gasteiger charge is -2.05. The third-order valence-electron chi connectivity index (χ3n) is 3.05. The lowest BCUT2D eigenvalue weighted by Crippen LogP contribution is -2.33. The molecule has 0 rings (SSSR count). The molecule has 0 aromatic rings. The Labute approximate surface area is 126 Å². The van der Waals surface area contributed by atoms with Crippen molar-refractivity contribution in [3.8, 4) is 6.07 Å². The molecule has 0 aromatic carbocycles. The molecule has 0 unspecified atom stereocenters. The Balaban J connectivity index is 3.55. The fourth-order valence-corrected chi connectivity index (χ4v) is 1.81. The summed E-state index contributed by atoms with van der Waals surface area (Å²) in [5, 5.41) is 13.5. The molecule has 0 aromatic heterocycles. The number of carbonyl (C=O) groups excluding carboxylic acids is 2. The summed E-state index contributed by atoms with van der Waals surface area (Å²) >= 11 is 0. The Bertz CT molecular complexity index is 386. The van der Waals surface area contributed by atoms with E-state index in [0.29, 0.717) is 6.54 Å². The summed E-state index contributed by atoms with van der Waals surface area (Å²) < 4.78 is 0. The number of nitrogens with two attached hydrogens (primary N) is 1. The molecule has 4 N–H and O–H groups in total. The maximum atomic E-state index is 11.4. The number of urea groups is 1. The second kappa shape index (κ2) is 13.0. The minimum Gasteiger partial charge on any atom is -0.365 e. The Kier molecular flexibility index (Phi) is 11.7. The van der Waals surface area contributed by atoms with Crippen LogP contribution in [0, 0.1) is 11.3 Å². The van der Waals surface area contributed by atoms with E-state index in [1.807, 2.05) is 0 Å². The topological polar surface area (TPSA) is 108 Å². The van der Waals surface area contributed by atoms with Crippen molar-refractivity contribution in [2.75, 3.05) is 6.54 Å². The van der Waals surface area contributed by atoms with Gasteiger partial charge in [0, 0.05) is 12.7 Å². The van der Waals surface area contributed by atoms with Gasteiger partial charge in [0.25, 0.3) is 5.91 Å². The third-order valence-corrected chi connectivity index (χ3v) is 3.05. The molecule has 21 heavy (non-hydrogen) atoms. The molecular weight excluding hydrogens is 268 g/mol. The number of nitrogens with one attached hydrogen (secondary N) is 2. The smallest absolute Gasteiger partial charge is 0.318 e. The highest BCUT2D eigenvalue weighted by Crippen LogP contribution is 2.07. The van der Waals surface area contributed by atoms with E-state index < -0.39 is 11.9 Å². The summed E-state index contributed by atoms with van der Waals surface area (Å²) in [6, 6.07) is 1.17. The monoisotopic (exact) mass is 294 g/mol. The average Bonchev–Trinajstić information content (AvgIpc) is 2.45. The van der Waals surface area contributed by atoms with E-state index in [1.165, 1.54) is 38.5 Å². The van der Waals surface area contributed by atoms with Gasteiger partial charge in [0.05, 0.1) is 0 Å². The van der Waals surface area contributed by atoms with Crippen molar-refractivity contribution < 1.29 is 9.59 Å². The number of primary amides is 1. The van der Waals surface area contributed by atoms with Crippen LogP contribution in [-0.4, -0.2) is 18.5 Å². The van der Waals surface area contributed by atoms with Crippen LogP contribution in [0.2, 0.25) is 0 Å². The molecule has 0 fully saturated rings. The van der Waals surface area contributed by atoms with Crippen molar-refractivity contribution in [1.29, 1.82) is 5.26 Å². The first kappa shape index (κ1) is 19.0. The molecular formula is C15H26N4O2. The summed E-state index contributed by atoms with van der Waals surface area (Å²) in [4.78, 5) is 22.1. The molecule has 0 aliphatic rings. The van der Waals surface area contributed by atoms with Gasteiger partial charge in [-0.25, -0.2) is 4.79 Å². The van der Waals surface area contributed by atoms with Crippen molar-refractivity contribution in [1.82, 2.24) is 10.6 Å². The first-order valence-electron chi connectivity index (χ1n) is 7.56. The lowest BCUT2D eigenvalue weighted by molar-refractivity contribution is -0.114. The molecule has 0 heterocycles. The van der Waals surface area contributed by atoms with Gasteiger partial charge in [0.1, 0.15) is 11.6 Å². The number of hydrogen-bond acceptors (Lipinski definition) is 3. The quantitative estimate of drug-likeness (QED) is 0.309. The van der Waals surface area contributed by atoms with Crippen LogP contribution in [0.1, 0.15) is 58.3 Å². The molecule has 0 aliphatic heterocycles. The summed E-state index contributed by atoms with van der Waals surface area (Å²) in [5.74, 6) is -0.860. The molecule has 0 bridgehead atoms. The highest BCUT2D eigenvalue weighted by Gasteiger charge is 2.04. The largest absolute Gasteiger partial charge is 0.365 e. The molecule has 118 valence electrons. The van der Waals surface area contributed by atoms with Crippen molar-refractivity contribution in [3.05, 3.63) is 11.8 Å². The van der Waals surface area contributed by atoms with Gasteiger partial charge in [0.2, 0.25) is 0 Å². The summed E-state index contributed by atoms with van der Waals surface area (Å²) in [6.45, 7) is 2.78. The number of unbranched alkanes of at least 4 members (excludes halogenated alkanes) is 7. The van der Waals surface area contributed by atoms with Gasteiger partial charge < -0.3 is 16.4 Å². The second-order valence-corrected chi connectivity index (χ2v) is 4.91. The van der Waals surface area contributed by atoms with E-state index >= 15 is 0 Å². The average molecular weight is 294 g/mol. The van der Waals surface area contributed by atoms with Crippen molar-refractivity contribution in [3.63, 3.8) is 0 Å². The van der Waals surface area contributed by atoms with Crippen molar-refractivity contribution in [2.24, 2.45) is 5.73 Å². The Morgan fingerprint density at radius 1 is 1.10 bits per heavy atom. The van der Waals surface area contributed by atoms with Gasteiger partial charge in [-0.1, -0.05) is 51.9 Å². The summed E-state index contributed by atoms with van der Waals surface area (Å²) in [7, 11) is 0. The van der Waals surface area contributed by atoms with E-state index in [-0.39, 0.29) is 5.57 Å². The van der Waals surface area contributed by atoms with E-state index in [1.54, 1.807) is 6.07 Å². The van der Waals surface area contributed by atoms with Crippen LogP contribution in [-0.2, 0) is 4.79 Å². The standard InChI is InChI=1S/C15H26N4O2/c1-2-3-4-5-6-7-8-9-10-18-15(21)19-12-13(11-16)14(17)20/h12H,2-10H2,1H3,(H2,17,20)(H2,18,19,21)/b13-12-. The molecule has 0 atom stereocenters. The number of nitrogens with zero attached hydrogens (tertiary/aromatic N) is 1. The zero-order valence-corrected chi connectivity index (χ0v) is 12.8. The van der Waals surface area contributed by atoms with E-state index in [0.717, 1.165) is 19.0 Å². The van der Waals surface area contributed by atoms with Gasteiger partial charge >= 0.3 is 6.03 Å². The summed E-state index contributed by atoms with van der Waals surface area (Å²) in [5.41, 5.74) is 4.65. The number of amides is 3. The molecule has 0 saturated carbocycles. The number of nitriles is 1. The number of carbonyl (C=O) groups is 2. The van der Waals surface area contributed by atoms with Gasteiger partial charge in [-0.15, -0.1) is 0 Å². The van der Waals surface area contributed by atoms with Gasteiger partial charge in [-0.3, -0.25) is 4.79 Å². The Morgan fingerprint density at radius 3 is 2.19 bits per heavy atom. The van der Waals surface area contributed by atoms with Crippen LogP contribution in [0.15, 0.2) is 11.8 Å². The van der Waals surface area contributed by atoms with Gasteiger partial charge in [-0.2, -0.15) is 5.26 Å². The highest BCUT2D eigenvalue weighted by molar-refractivity contribution is 5.96. The zero-order chi connectivity index (χ0) is 15.9. The van der Waals surface area contributed by atoms with Crippen LogP contribution >= 0.6 is 0 Å². The molecule has 3 amide bonds. The van der Waals surface area contributed by atoms with E-state index in [9.17, 15) is 9.59 Å². The second-order valence-electron chi connectivity index (χ2n) is 4.91. The fourth-order valence-electron chi connectivity index (χ4n) is 1.81. The van der Waals surface area contributed by atoms with Gasteiger partial charge in [-0.05, 0) is 6.42 Å². The maximum absolute atomic E-state index is 11.4. The normalized spacial score (nSPS) is 10.8. The minimum absolute atomic E-state index is 0.280. The van der Waals surface area contributed by atoms with E-state index in [2.05, 4.69) is 17.6 Å². The molecule has 6 heteroatoms. The predicted octanol–water partition coefficient (Wildman–Crippen LogP) is 2.32. The van der Waals surface area contributed by atoms with Crippen LogP contribution in [0.3, 0.4) is 0 Å². The van der Waals surface area contributed by atoms with Gasteiger partial charge in [0.15, 0.2) is 0 Å². The first-order chi connectivity index (χ1) is 10.1. The van der Waals surface area contributed by atoms with Crippen LogP contribution in [0.25, 0.3) is 0 Å². The van der Waals surface area contributed by atoms with Crippen LogP contribution in [0.5, 0.6) is 0 Å². The van der Waals surface area contributed by atoms with Crippen molar-refractivity contribution >= 4 is 11.9 Å². The zero-order valence-electron chi connectivity index (χ0n) is 12.8. The predicted molar refractivity (Wildman–Crippen MR) is 82.0 cm³/mol. The first-order valence-corrected chi connectivity index (χ1v) is 7.56. The number of rotatable bonds is 11. The third kappa shape index (κ3) is 11.5. The minimum atomic E-state index is -0.860. The Hall–Kier alpha value is -2.03. The maximum Gasteiger partial charge on any atom is 0.318 e. The van der Waals surface area contributed by atoms with Crippen molar-refractivity contribution in [2.45, 2.75) is 58.3 Å². The van der Waals surface area contributed by atoms with Crippen LogP contribution < -0.4 is 16.4 Å². The molecule has 0 saturated heterocycles. The Morgan fingerprint density at radius 2 is 1.67 bits per heavy atom. The fraction of sp³-hybridized carbons (Fsp3) is 0.667.